The van der Waals surface area contributed by atoms with Crippen LogP contribution >= 0.6 is 0 Å². The van der Waals surface area contributed by atoms with E-state index in [9.17, 15) is 10.2 Å². The first-order valence-electron chi connectivity index (χ1n) is 8.55. The summed E-state index contributed by atoms with van der Waals surface area (Å²) >= 11 is 0. The highest BCUT2D eigenvalue weighted by atomic mass is 16.3. The van der Waals surface area contributed by atoms with Crippen molar-refractivity contribution in [1.82, 2.24) is 0 Å². The second-order valence-corrected chi connectivity index (χ2v) is 7.07. The summed E-state index contributed by atoms with van der Waals surface area (Å²) in [7, 11) is 0. The molecule has 2 aliphatic rings. The highest BCUT2D eigenvalue weighted by Crippen LogP contribution is 2.36. The fourth-order valence-electron chi connectivity index (χ4n) is 4.35. The van der Waals surface area contributed by atoms with Crippen LogP contribution in [-0.4, -0.2) is 22.4 Å². The van der Waals surface area contributed by atoms with Crippen molar-refractivity contribution in [2.24, 2.45) is 17.8 Å². The van der Waals surface area contributed by atoms with Gasteiger partial charge in [0.25, 0.3) is 0 Å². The van der Waals surface area contributed by atoms with Crippen LogP contribution in [-0.2, 0) is 0 Å². The summed E-state index contributed by atoms with van der Waals surface area (Å²) < 4.78 is 0. The van der Waals surface area contributed by atoms with Gasteiger partial charge in [-0.25, -0.2) is 0 Å². The van der Waals surface area contributed by atoms with Gasteiger partial charge < -0.3 is 10.2 Å². The third-order valence-electron chi connectivity index (χ3n) is 5.40. The molecule has 2 heteroatoms. The molecule has 2 N–H and O–H groups in total. The van der Waals surface area contributed by atoms with Crippen LogP contribution in [0.2, 0.25) is 0 Å². The minimum atomic E-state index is -0.178. The van der Waals surface area contributed by atoms with Gasteiger partial charge in [-0.15, -0.1) is 0 Å². The number of aliphatic hydroxyl groups is 2. The zero-order valence-electron chi connectivity index (χ0n) is 12.6. The van der Waals surface area contributed by atoms with Gasteiger partial charge in [-0.2, -0.15) is 0 Å². The average molecular weight is 268 g/mol. The van der Waals surface area contributed by atoms with Crippen molar-refractivity contribution in [2.45, 2.75) is 89.8 Å². The van der Waals surface area contributed by atoms with Crippen LogP contribution in [0, 0.1) is 17.8 Å². The van der Waals surface area contributed by atoms with E-state index in [-0.39, 0.29) is 12.2 Å². The molecule has 0 aromatic carbocycles. The highest BCUT2D eigenvalue weighted by molar-refractivity contribution is 4.82. The zero-order valence-corrected chi connectivity index (χ0v) is 12.6. The number of hydrogen-bond acceptors (Lipinski definition) is 2. The summed E-state index contributed by atoms with van der Waals surface area (Å²) in [6.07, 6.45) is 12.6. The maximum Gasteiger partial charge on any atom is 0.0569 e. The summed E-state index contributed by atoms with van der Waals surface area (Å²) in [6, 6.07) is 0. The maximum atomic E-state index is 10.3. The Morgan fingerprint density at radius 1 is 1.00 bits per heavy atom. The van der Waals surface area contributed by atoms with E-state index < -0.39 is 0 Å². The Morgan fingerprint density at radius 2 is 1.74 bits per heavy atom. The van der Waals surface area contributed by atoms with Crippen molar-refractivity contribution in [3.63, 3.8) is 0 Å². The molecule has 2 fully saturated rings. The highest BCUT2D eigenvalue weighted by Gasteiger charge is 2.31. The van der Waals surface area contributed by atoms with Crippen LogP contribution in [0.5, 0.6) is 0 Å². The summed E-state index contributed by atoms with van der Waals surface area (Å²) in [5.41, 5.74) is 0. The number of aliphatic hydroxyl groups excluding tert-OH is 2. The van der Waals surface area contributed by atoms with Crippen LogP contribution in [0.15, 0.2) is 0 Å². The summed E-state index contributed by atoms with van der Waals surface area (Å²) in [4.78, 5) is 0. The van der Waals surface area contributed by atoms with Gasteiger partial charge in [-0.1, -0.05) is 45.4 Å². The first kappa shape index (κ1) is 15.3. The summed E-state index contributed by atoms with van der Waals surface area (Å²) in [5.74, 6) is 1.89. The van der Waals surface area contributed by atoms with Gasteiger partial charge in [0, 0.05) is 0 Å². The van der Waals surface area contributed by atoms with Crippen LogP contribution in [0.3, 0.4) is 0 Å². The van der Waals surface area contributed by atoms with Crippen molar-refractivity contribution in [1.29, 1.82) is 0 Å². The van der Waals surface area contributed by atoms with E-state index in [0.29, 0.717) is 5.92 Å². The molecule has 0 spiro atoms. The molecular weight excluding hydrogens is 236 g/mol. The zero-order chi connectivity index (χ0) is 13.7. The SMILES string of the molecule is CCCC1CCC(O)C(CC(O)CC2CCCC2)C1. The van der Waals surface area contributed by atoms with Gasteiger partial charge in [0.1, 0.15) is 0 Å². The largest absolute Gasteiger partial charge is 0.393 e. The molecule has 2 nitrogen and oxygen atoms in total. The summed E-state index contributed by atoms with van der Waals surface area (Å²) in [6.45, 7) is 2.25. The average Bonchev–Trinajstić information content (AvgIpc) is 2.86. The van der Waals surface area contributed by atoms with Crippen molar-refractivity contribution in [3.05, 3.63) is 0 Å². The van der Waals surface area contributed by atoms with E-state index in [2.05, 4.69) is 6.92 Å². The lowest BCUT2D eigenvalue weighted by molar-refractivity contribution is 0.0104. The van der Waals surface area contributed by atoms with Crippen molar-refractivity contribution >= 4 is 0 Å². The molecule has 0 radical (unpaired) electrons. The molecule has 2 rings (SSSR count). The van der Waals surface area contributed by atoms with Crippen LogP contribution in [0.25, 0.3) is 0 Å². The normalized spacial score (nSPS) is 34.6. The second kappa shape index (κ2) is 7.64. The predicted molar refractivity (Wildman–Crippen MR) is 78.9 cm³/mol. The Labute approximate surface area is 118 Å². The molecule has 0 aromatic heterocycles. The Hall–Kier alpha value is -0.0800. The third kappa shape index (κ3) is 4.75. The Morgan fingerprint density at radius 3 is 2.42 bits per heavy atom. The van der Waals surface area contributed by atoms with Crippen LogP contribution < -0.4 is 0 Å². The molecular formula is C17H32O2. The van der Waals surface area contributed by atoms with Crippen molar-refractivity contribution < 1.29 is 10.2 Å². The number of rotatable bonds is 6. The molecule has 2 aliphatic carbocycles. The monoisotopic (exact) mass is 268 g/mol. The maximum absolute atomic E-state index is 10.3. The first-order valence-corrected chi connectivity index (χ1v) is 8.55. The quantitative estimate of drug-likeness (QED) is 0.767. The van der Waals surface area contributed by atoms with Crippen LogP contribution in [0.1, 0.15) is 77.6 Å². The molecule has 19 heavy (non-hydrogen) atoms. The standard InChI is InChI=1S/C17H32O2/c1-2-5-13-8-9-17(19)15(10-13)12-16(18)11-14-6-3-4-7-14/h13-19H,2-12H2,1H3. The van der Waals surface area contributed by atoms with Crippen LogP contribution in [0.4, 0.5) is 0 Å². The smallest absolute Gasteiger partial charge is 0.0569 e. The van der Waals surface area contributed by atoms with Gasteiger partial charge in [-0.05, 0) is 49.9 Å². The second-order valence-electron chi connectivity index (χ2n) is 7.07. The van der Waals surface area contributed by atoms with Gasteiger partial charge in [0.2, 0.25) is 0 Å². The predicted octanol–water partition coefficient (Wildman–Crippen LogP) is 3.90. The van der Waals surface area contributed by atoms with Crippen molar-refractivity contribution in [2.75, 3.05) is 0 Å². The molecule has 0 amide bonds. The Balaban J connectivity index is 1.75. The van der Waals surface area contributed by atoms with E-state index in [4.69, 9.17) is 0 Å². The van der Waals surface area contributed by atoms with Gasteiger partial charge in [-0.3, -0.25) is 0 Å². The van der Waals surface area contributed by atoms with Gasteiger partial charge in [0.15, 0.2) is 0 Å². The molecule has 0 aromatic rings. The molecule has 0 aliphatic heterocycles. The molecule has 112 valence electrons. The molecule has 0 bridgehead atoms. The fourth-order valence-corrected chi connectivity index (χ4v) is 4.35. The lowest BCUT2D eigenvalue weighted by Gasteiger charge is -2.34. The molecule has 4 atom stereocenters. The molecule has 0 heterocycles. The van der Waals surface area contributed by atoms with E-state index in [1.54, 1.807) is 0 Å². The van der Waals surface area contributed by atoms with E-state index in [0.717, 1.165) is 37.5 Å². The molecule has 4 unspecified atom stereocenters. The minimum absolute atomic E-state index is 0.161. The lowest BCUT2D eigenvalue weighted by atomic mass is 9.75. The van der Waals surface area contributed by atoms with Gasteiger partial charge >= 0.3 is 0 Å². The minimum Gasteiger partial charge on any atom is -0.393 e. The Kier molecular flexibility index (Phi) is 6.15. The first-order chi connectivity index (χ1) is 9.19. The molecule has 2 saturated carbocycles. The lowest BCUT2D eigenvalue weighted by Crippen LogP contribution is -2.32. The number of hydrogen-bond donors (Lipinski definition) is 2. The van der Waals surface area contributed by atoms with E-state index >= 15 is 0 Å². The fraction of sp³-hybridized carbons (Fsp3) is 1.00. The van der Waals surface area contributed by atoms with Crippen molar-refractivity contribution in [3.8, 4) is 0 Å². The molecule has 0 saturated heterocycles. The third-order valence-corrected chi connectivity index (χ3v) is 5.40. The Bertz CT molecular complexity index is 248. The topological polar surface area (TPSA) is 40.5 Å². The summed E-state index contributed by atoms with van der Waals surface area (Å²) in [5, 5.41) is 20.4. The van der Waals surface area contributed by atoms with E-state index in [1.807, 2.05) is 0 Å². The van der Waals surface area contributed by atoms with Gasteiger partial charge in [0.05, 0.1) is 12.2 Å². The van der Waals surface area contributed by atoms with E-state index in [1.165, 1.54) is 44.9 Å².